The molecule has 0 unspecified atom stereocenters. The fourth-order valence-electron chi connectivity index (χ4n) is 6.64. The van der Waals surface area contributed by atoms with Gasteiger partial charge in [-0.1, -0.05) is 12.1 Å². The van der Waals surface area contributed by atoms with Gasteiger partial charge in [0.05, 0.1) is 25.9 Å². The van der Waals surface area contributed by atoms with Crippen LogP contribution in [0.3, 0.4) is 0 Å². The Morgan fingerprint density at radius 2 is 1.93 bits per heavy atom. The molecule has 43 heavy (non-hydrogen) atoms. The van der Waals surface area contributed by atoms with Gasteiger partial charge in [-0.25, -0.2) is 0 Å². The second-order valence-corrected chi connectivity index (χ2v) is 11.3. The van der Waals surface area contributed by atoms with E-state index in [9.17, 15) is 34.8 Å². The first kappa shape index (κ1) is 30.3. The molecule has 11 heteroatoms. The third kappa shape index (κ3) is 5.28. The number of allylic oxidation sites excluding steroid dienone is 3. The number of nitrogens with zero attached hydrogens (tertiary/aromatic N) is 1. The predicted octanol–water partition coefficient (Wildman–Crippen LogP) is 2.72. The molecule has 1 aromatic rings. The molecule has 1 heterocycles. The molecule has 2 fully saturated rings. The second-order valence-electron chi connectivity index (χ2n) is 11.3. The molecule has 4 aliphatic rings. The van der Waals surface area contributed by atoms with Gasteiger partial charge in [-0.15, -0.1) is 0 Å². The van der Waals surface area contributed by atoms with Crippen LogP contribution in [-0.4, -0.2) is 81.8 Å². The number of benzene rings is 1. The van der Waals surface area contributed by atoms with Gasteiger partial charge in [0, 0.05) is 43.1 Å². The fourth-order valence-corrected chi connectivity index (χ4v) is 6.64. The smallest absolute Gasteiger partial charge is 0.255 e. The van der Waals surface area contributed by atoms with Gasteiger partial charge in [-0.2, -0.15) is 0 Å². The van der Waals surface area contributed by atoms with Crippen molar-refractivity contribution in [2.75, 3.05) is 33.4 Å². The quantitative estimate of drug-likeness (QED) is 0.243. The van der Waals surface area contributed by atoms with Gasteiger partial charge < -0.3 is 35.6 Å². The second kappa shape index (κ2) is 11.8. The lowest BCUT2D eigenvalue weighted by atomic mass is 9.59. The molecule has 5 rings (SSSR count). The highest BCUT2D eigenvalue weighted by atomic mass is 16.5. The molecular formula is C32H36N2O9. The molecular weight excluding hydrogens is 556 g/mol. The zero-order chi connectivity index (χ0) is 31.1. The van der Waals surface area contributed by atoms with E-state index < -0.39 is 52.0 Å². The van der Waals surface area contributed by atoms with E-state index >= 15 is 0 Å². The number of rotatable bonds is 6. The number of morpholine rings is 1. The molecule has 0 bridgehead atoms. The van der Waals surface area contributed by atoms with Crippen LogP contribution in [0.1, 0.15) is 37.3 Å². The van der Waals surface area contributed by atoms with E-state index in [4.69, 9.17) is 15.2 Å². The van der Waals surface area contributed by atoms with Crippen molar-refractivity contribution in [3.63, 3.8) is 0 Å². The molecule has 3 atom stereocenters. The molecule has 228 valence electrons. The number of hydrogen-bond acceptors (Lipinski definition) is 10. The van der Waals surface area contributed by atoms with E-state index in [1.165, 1.54) is 6.08 Å². The number of methoxy groups -OCH3 is 1. The largest absolute Gasteiger partial charge is 0.508 e. The molecule has 1 aromatic carbocycles. The van der Waals surface area contributed by atoms with Crippen molar-refractivity contribution in [3.8, 4) is 5.75 Å². The van der Waals surface area contributed by atoms with Crippen molar-refractivity contribution < 1.29 is 44.3 Å². The van der Waals surface area contributed by atoms with Gasteiger partial charge in [0.25, 0.3) is 5.91 Å². The van der Waals surface area contributed by atoms with Crippen molar-refractivity contribution in [3.05, 3.63) is 81.0 Å². The topological polar surface area (TPSA) is 180 Å². The number of carbonyl (C=O) groups is 3. The lowest BCUT2D eigenvalue weighted by molar-refractivity contribution is -0.147. The van der Waals surface area contributed by atoms with Gasteiger partial charge in [0.1, 0.15) is 28.6 Å². The summed E-state index contributed by atoms with van der Waals surface area (Å²) in [6.07, 6.45) is 4.58. The Balaban J connectivity index is 1.62. The lowest BCUT2D eigenvalue weighted by Gasteiger charge is -2.46. The maximum Gasteiger partial charge on any atom is 0.255 e. The summed E-state index contributed by atoms with van der Waals surface area (Å²) >= 11 is 0. The molecule has 1 saturated heterocycles. The van der Waals surface area contributed by atoms with Crippen LogP contribution < -0.4 is 10.5 Å². The maximum atomic E-state index is 13.8. The van der Waals surface area contributed by atoms with Crippen molar-refractivity contribution >= 4 is 23.5 Å². The van der Waals surface area contributed by atoms with Crippen molar-refractivity contribution in [2.45, 2.75) is 38.3 Å². The number of aliphatic hydroxyl groups excluding tert-OH is 3. The number of ether oxygens (including phenoxy) is 2. The number of nitrogens with two attached hydrogens (primary N) is 1. The fraction of sp³-hybridized carbons (Fsp3) is 0.406. The minimum atomic E-state index is -2.61. The lowest BCUT2D eigenvalue weighted by Crippen LogP contribution is -2.58. The molecule has 1 saturated carbocycles. The first-order valence-corrected chi connectivity index (χ1v) is 14.2. The summed E-state index contributed by atoms with van der Waals surface area (Å²) in [4.78, 5) is 40.7. The first-order chi connectivity index (χ1) is 20.5. The van der Waals surface area contributed by atoms with Crippen LogP contribution in [0.2, 0.25) is 0 Å². The Morgan fingerprint density at radius 3 is 2.58 bits per heavy atom. The number of amides is 1. The van der Waals surface area contributed by atoms with E-state index in [1.807, 2.05) is 18.2 Å². The van der Waals surface area contributed by atoms with E-state index in [0.29, 0.717) is 36.6 Å². The highest BCUT2D eigenvalue weighted by Crippen LogP contribution is 2.52. The van der Waals surface area contributed by atoms with Crippen LogP contribution in [0.15, 0.2) is 69.9 Å². The molecule has 0 radical (unpaired) electrons. The zero-order valence-electron chi connectivity index (χ0n) is 24.1. The van der Waals surface area contributed by atoms with Crippen molar-refractivity contribution in [1.82, 2.24) is 4.90 Å². The third-order valence-corrected chi connectivity index (χ3v) is 8.71. The monoisotopic (exact) mass is 592 g/mol. The standard InChI is InChI=1S/C32H36N2O9/c1-3-4-22(35)25-19(12-18-11-17(5-6-24(18)42-2)16-34-7-9-43-10-8-34)13-20-14-21-15-23(36)27(31(33)40)30(39)32(21,41)29(38)26(20)28(25)37/h3-6,11-12,20-21,35,37,39,41H,7-10,13-16H2,1-2H3,(H2,33,40)/b4-3-,19-12+,25-22-/t20-,21-,32-/m0/s1. The van der Waals surface area contributed by atoms with Crippen LogP contribution in [0.5, 0.6) is 5.75 Å². The summed E-state index contributed by atoms with van der Waals surface area (Å²) in [5, 5.41) is 44.9. The summed E-state index contributed by atoms with van der Waals surface area (Å²) in [6.45, 7) is 5.33. The van der Waals surface area contributed by atoms with Crippen molar-refractivity contribution in [1.29, 1.82) is 0 Å². The summed E-state index contributed by atoms with van der Waals surface area (Å²) < 4.78 is 11.1. The number of fused-ring (bicyclic) bond motifs is 2. The van der Waals surface area contributed by atoms with Crippen LogP contribution in [-0.2, 0) is 25.7 Å². The normalized spacial score (nSPS) is 28.8. The number of hydrogen-bond donors (Lipinski definition) is 5. The average Bonchev–Trinajstić information content (AvgIpc) is 2.95. The number of aliphatic hydroxyl groups is 4. The summed E-state index contributed by atoms with van der Waals surface area (Å²) in [5.74, 6) is -6.14. The number of ketones is 2. The van der Waals surface area contributed by atoms with Crippen molar-refractivity contribution in [2.24, 2.45) is 17.6 Å². The molecule has 11 nitrogen and oxygen atoms in total. The minimum Gasteiger partial charge on any atom is -0.508 e. The Labute approximate surface area is 248 Å². The Hall–Kier alpha value is -4.19. The van der Waals surface area contributed by atoms with E-state index in [2.05, 4.69) is 4.90 Å². The van der Waals surface area contributed by atoms with E-state index in [0.717, 1.165) is 18.7 Å². The van der Waals surface area contributed by atoms with Gasteiger partial charge in [0.15, 0.2) is 11.4 Å². The third-order valence-electron chi connectivity index (χ3n) is 8.71. The highest BCUT2D eigenvalue weighted by Gasteiger charge is 2.60. The highest BCUT2D eigenvalue weighted by molar-refractivity contribution is 6.22. The Morgan fingerprint density at radius 1 is 1.21 bits per heavy atom. The first-order valence-electron chi connectivity index (χ1n) is 14.2. The Bertz CT molecular complexity index is 1530. The van der Waals surface area contributed by atoms with E-state index in [-0.39, 0.29) is 36.2 Å². The van der Waals surface area contributed by atoms with Crippen LogP contribution in [0.25, 0.3) is 6.08 Å². The van der Waals surface area contributed by atoms with Crippen LogP contribution >= 0.6 is 0 Å². The number of carbonyl (C=O) groups excluding carboxylic acids is 3. The minimum absolute atomic E-state index is 0.00846. The summed E-state index contributed by atoms with van der Waals surface area (Å²) in [7, 11) is 1.55. The predicted molar refractivity (Wildman–Crippen MR) is 156 cm³/mol. The van der Waals surface area contributed by atoms with Gasteiger partial charge in [-0.05, 0) is 61.1 Å². The SMILES string of the molecule is C\C=C/C(O)=C1/C(O)=C2C(=O)[C@]3(O)C(O)=C(C(N)=O)C(=O)C[C@@H]3C[C@@H]2C/C1=C\c1cc(CN2CCOCC2)ccc1OC. The van der Waals surface area contributed by atoms with Crippen LogP contribution in [0.4, 0.5) is 0 Å². The average molecular weight is 593 g/mol. The molecule has 1 amide bonds. The van der Waals surface area contributed by atoms with Gasteiger partial charge in [0.2, 0.25) is 5.78 Å². The summed E-state index contributed by atoms with van der Waals surface area (Å²) in [5.41, 5.74) is 3.87. The van der Waals surface area contributed by atoms with Gasteiger partial charge >= 0.3 is 0 Å². The summed E-state index contributed by atoms with van der Waals surface area (Å²) in [6, 6.07) is 5.80. The molecule has 6 N–H and O–H groups in total. The number of primary amides is 1. The molecule has 3 aliphatic carbocycles. The molecule has 1 aliphatic heterocycles. The molecule has 0 spiro atoms. The van der Waals surface area contributed by atoms with Crippen LogP contribution in [0, 0.1) is 11.8 Å². The zero-order valence-corrected chi connectivity index (χ0v) is 24.1. The van der Waals surface area contributed by atoms with E-state index in [1.54, 1.807) is 26.2 Å². The maximum absolute atomic E-state index is 13.8. The van der Waals surface area contributed by atoms with Gasteiger partial charge in [-0.3, -0.25) is 19.3 Å². The molecule has 0 aromatic heterocycles. The Kier molecular flexibility index (Phi) is 8.33. The number of Topliss-reactive ketones (excluding diaryl/α,β-unsaturated/α-hetero) is 2.